The summed E-state index contributed by atoms with van der Waals surface area (Å²) in [5, 5.41) is 8.97. The van der Waals surface area contributed by atoms with Crippen molar-refractivity contribution < 1.29 is 9.90 Å². The predicted molar refractivity (Wildman–Crippen MR) is 48.5 cm³/mol. The molecule has 74 valence electrons. The van der Waals surface area contributed by atoms with Crippen LogP contribution in [-0.2, 0) is 0 Å². The van der Waals surface area contributed by atoms with E-state index in [1.807, 2.05) is 0 Å². The van der Waals surface area contributed by atoms with Crippen LogP contribution < -0.4 is 5.73 Å². The fourth-order valence-electron chi connectivity index (χ4n) is 2.79. The van der Waals surface area contributed by atoms with E-state index in [0.717, 1.165) is 25.7 Å². The van der Waals surface area contributed by atoms with Crippen molar-refractivity contribution in [2.75, 3.05) is 6.54 Å². The van der Waals surface area contributed by atoms with Crippen molar-refractivity contribution in [3.05, 3.63) is 0 Å². The Kier molecular flexibility index (Phi) is 2.15. The van der Waals surface area contributed by atoms with E-state index in [9.17, 15) is 4.79 Å². The number of piperidine rings is 1. The molecular formula is C9H16N2O2. The molecule has 2 heterocycles. The van der Waals surface area contributed by atoms with Crippen LogP contribution in [0.1, 0.15) is 25.7 Å². The van der Waals surface area contributed by atoms with Crippen molar-refractivity contribution in [3.8, 4) is 0 Å². The Morgan fingerprint density at radius 2 is 1.92 bits per heavy atom. The Bertz CT molecular complexity index is 206. The zero-order valence-electron chi connectivity index (χ0n) is 7.65. The van der Waals surface area contributed by atoms with Crippen molar-refractivity contribution in [3.63, 3.8) is 0 Å². The SMILES string of the molecule is NCC1C[C@H]2CC[C@@H](C1)N2C(=O)O. The van der Waals surface area contributed by atoms with E-state index in [-0.39, 0.29) is 12.1 Å². The summed E-state index contributed by atoms with van der Waals surface area (Å²) in [6.45, 7) is 0.709. The summed E-state index contributed by atoms with van der Waals surface area (Å²) in [6, 6.07) is 0.509. The molecule has 13 heavy (non-hydrogen) atoms. The van der Waals surface area contributed by atoms with Crippen molar-refractivity contribution in [2.24, 2.45) is 11.7 Å². The van der Waals surface area contributed by atoms with E-state index < -0.39 is 6.09 Å². The van der Waals surface area contributed by atoms with Crippen LogP contribution in [0, 0.1) is 5.92 Å². The molecule has 0 aliphatic carbocycles. The van der Waals surface area contributed by atoms with E-state index in [1.165, 1.54) is 0 Å². The molecule has 0 aromatic heterocycles. The van der Waals surface area contributed by atoms with Crippen LogP contribution in [-0.4, -0.2) is 34.7 Å². The van der Waals surface area contributed by atoms with Crippen LogP contribution in [0.3, 0.4) is 0 Å². The van der Waals surface area contributed by atoms with Crippen molar-refractivity contribution in [2.45, 2.75) is 37.8 Å². The summed E-state index contributed by atoms with van der Waals surface area (Å²) in [4.78, 5) is 12.5. The second-order valence-corrected chi connectivity index (χ2v) is 4.15. The van der Waals surface area contributed by atoms with Gasteiger partial charge in [0.1, 0.15) is 0 Å². The minimum atomic E-state index is -0.747. The number of amides is 1. The summed E-state index contributed by atoms with van der Waals surface area (Å²) in [7, 11) is 0. The fraction of sp³-hybridized carbons (Fsp3) is 0.889. The number of rotatable bonds is 1. The van der Waals surface area contributed by atoms with Crippen LogP contribution in [0.25, 0.3) is 0 Å². The van der Waals surface area contributed by atoms with Gasteiger partial charge >= 0.3 is 6.09 Å². The van der Waals surface area contributed by atoms with Crippen molar-refractivity contribution in [1.82, 2.24) is 4.90 Å². The molecule has 4 heteroatoms. The van der Waals surface area contributed by atoms with Crippen LogP contribution in [0.5, 0.6) is 0 Å². The van der Waals surface area contributed by atoms with Gasteiger partial charge in [-0.2, -0.15) is 0 Å². The zero-order chi connectivity index (χ0) is 9.42. The number of hydrogen-bond donors (Lipinski definition) is 2. The lowest BCUT2D eigenvalue weighted by molar-refractivity contribution is 0.0865. The van der Waals surface area contributed by atoms with Gasteiger partial charge in [0.05, 0.1) is 0 Å². The van der Waals surface area contributed by atoms with Gasteiger partial charge in [0.15, 0.2) is 0 Å². The first-order valence-corrected chi connectivity index (χ1v) is 4.93. The zero-order valence-corrected chi connectivity index (χ0v) is 7.65. The van der Waals surface area contributed by atoms with Crippen LogP contribution in [0.15, 0.2) is 0 Å². The van der Waals surface area contributed by atoms with Gasteiger partial charge < -0.3 is 15.7 Å². The fourth-order valence-corrected chi connectivity index (χ4v) is 2.79. The van der Waals surface area contributed by atoms with Crippen LogP contribution in [0.4, 0.5) is 4.79 Å². The summed E-state index contributed by atoms with van der Waals surface area (Å²) in [6.07, 6.45) is 3.27. The molecular weight excluding hydrogens is 168 g/mol. The van der Waals surface area contributed by atoms with Gasteiger partial charge in [0.25, 0.3) is 0 Å². The third-order valence-electron chi connectivity index (χ3n) is 3.38. The molecule has 4 nitrogen and oxygen atoms in total. The Balaban J connectivity index is 2.08. The van der Waals surface area contributed by atoms with E-state index in [1.54, 1.807) is 4.90 Å². The lowest BCUT2D eigenvalue weighted by Crippen LogP contribution is -2.47. The Morgan fingerprint density at radius 1 is 1.38 bits per heavy atom. The van der Waals surface area contributed by atoms with E-state index in [2.05, 4.69) is 0 Å². The summed E-state index contributed by atoms with van der Waals surface area (Å²) in [5.41, 5.74) is 5.61. The molecule has 3 N–H and O–H groups in total. The maximum absolute atomic E-state index is 10.9. The first kappa shape index (κ1) is 8.81. The second kappa shape index (κ2) is 3.18. The molecule has 2 aliphatic heterocycles. The molecule has 1 amide bonds. The summed E-state index contributed by atoms with van der Waals surface area (Å²) >= 11 is 0. The van der Waals surface area contributed by atoms with Crippen LogP contribution in [0.2, 0.25) is 0 Å². The molecule has 0 radical (unpaired) electrons. The highest BCUT2D eigenvalue weighted by molar-refractivity contribution is 5.66. The first-order valence-electron chi connectivity index (χ1n) is 4.93. The summed E-state index contributed by atoms with van der Waals surface area (Å²) < 4.78 is 0. The molecule has 2 aliphatic rings. The van der Waals surface area contributed by atoms with Gasteiger partial charge in [-0.1, -0.05) is 0 Å². The third kappa shape index (κ3) is 1.39. The molecule has 0 saturated carbocycles. The normalized spacial score (nSPS) is 37.9. The Morgan fingerprint density at radius 3 is 2.31 bits per heavy atom. The number of carboxylic acid groups (broad SMARTS) is 1. The van der Waals surface area contributed by atoms with Gasteiger partial charge in [-0.05, 0) is 38.1 Å². The minimum absolute atomic E-state index is 0.254. The largest absolute Gasteiger partial charge is 0.465 e. The quantitative estimate of drug-likeness (QED) is 0.635. The number of carbonyl (C=O) groups is 1. The first-order chi connectivity index (χ1) is 6.22. The topological polar surface area (TPSA) is 66.6 Å². The van der Waals surface area contributed by atoms with E-state index in [4.69, 9.17) is 10.8 Å². The highest BCUT2D eigenvalue weighted by Crippen LogP contribution is 2.38. The maximum Gasteiger partial charge on any atom is 0.407 e. The van der Waals surface area contributed by atoms with Gasteiger partial charge in [-0.25, -0.2) is 4.79 Å². The van der Waals surface area contributed by atoms with Crippen LogP contribution >= 0.6 is 0 Å². The second-order valence-electron chi connectivity index (χ2n) is 4.15. The molecule has 3 atom stereocenters. The number of nitrogens with zero attached hydrogens (tertiary/aromatic N) is 1. The Labute approximate surface area is 77.7 Å². The number of nitrogens with two attached hydrogens (primary N) is 1. The molecule has 0 aromatic rings. The van der Waals surface area contributed by atoms with Gasteiger partial charge in [0.2, 0.25) is 0 Å². The highest BCUT2D eigenvalue weighted by atomic mass is 16.4. The molecule has 2 saturated heterocycles. The van der Waals surface area contributed by atoms with E-state index in [0.29, 0.717) is 12.5 Å². The Hall–Kier alpha value is -0.770. The molecule has 1 unspecified atom stereocenters. The molecule has 0 aromatic carbocycles. The number of hydrogen-bond acceptors (Lipinski definition) is 2. The van der Waals surface area contributed by atoms with Crippen molar-refractivity contribution in [1.29, 1.82) is 0 Å². The average molecular weight is 184 g/mol. The van der Waals surface area contributed by atoms with Gasteiger partial charge in [0, 0.05) is 12.1 Å². The summed E-state index contributed by atoms with van der Waals surface area (Å²) in [5.74, 6) is 0.549. The van der Waals surface area contributed by atoms with Gasteiger partial charge in [-0.15, -0.1) is 0 Å². The molecule has 2 rings (SSSR count). The smallest absolute Gasteiger partial charge is 0.407 e. The van der Waals surface area contributed by atoms with E-state index >= 15 is 0 Å². The van der Waals surface area contributed by atoms with Gasteiger partial charge in [-0.3, -0.25) is 0 Å². The monoisotopic (exact) mass is 184 g/mol. The highest BCUT2D eigenvalue weighted by Gasteiger charge is 2.42. The minimum Gasteiger partial charge on any atom is -0.465 e. The lowest BCUT2D eigenvalue weighted by atomic mass is 9.91. The van der Waals surface area contributed by atoms with Crippen molar-refractivity contribution >= 4 is 6.09 Å². The molecule has 2 fully saturated rings. The maximum atomic E-state index is 10.9. The predicted octanol–water partition coefficient (Wildman–Crippen LogP) is 0.866. The average Bonchev–Trinajstić information content (AvgIpc) is 2.37. The molecule has 2 bridgehead atoms. The third-order valence-corrected chi connectivity index (χ3v) is 3.38. The number of fused-ring (bicyclic) bond motifs is 2. The molecule has 0 spiro atoms. The standard InChI is InChI=1S/C9H16N2O2/c10-5-6-3-7-1-2-8(4-6)11(7)9(12)13/h6-8H,1-5,10H2,(H,12,13)/t6?,7-,8+. The lowest BCUT2D eigenvalue weighted by Gasteiger charge is -2.36.